The number of ether oxygens (including phenoxy) is 2. The van der Waals surface area contributed by atoms with Crippen molar-refractivity contribution in [2.45, 2.75) is 19.4 Å². The number of aromatic nitrogens is 2. The van der Waals surface area contributed by atoms with Crippen molar-refractivity contribution < 1.29 is 19.1 Å². The lowest BCUT2D eigenvalue weighted by Crippen LogP contribution is -2.36. The summed E-state index contributed by atoms with van der Waals surface area (Å²) in [6, 6.07) is 6.03. The number of anilines is 3. The van der Waals surface area contributed by atoms with E-state index in [1.807, 2.05) is 0 Å². The second kappa shape index (κ2) is 10.1. The molecule has 1 heterocycles. The van der Waals surface area contributed by atoms with E-state index in [9.17, 15) is 14.4 Å². The summed E-state index contributed by atoms with van der Waals surface area (Å²) in [6.45, 7) is 2.60. The van der Waals surface area contributed by atoms with Gasteiger partial charge in [-0.3, -0.25) is 19.4 Å². The number of nitrogens with two attached hydrogens (primary N) is 2. The summed E-state index contributed by atoms with van der Waals surface area (Å²) in [5.41, 5.74) is 10.1. The Kier molecular flexibility index (Phi) is 7.54. The van der Waals surface area contributed by atoms with Gasteiger partial charge in [0.25, 0.3) is 11.5 Å². The number of nitrogens with one attached hydrogen (secondary N) is 3. The standard InChI is InChI=1S/C18H24N6O5/c1-3-12(14(19)25)22-18-23-16(13(15(20)26)17(27)24-18)21-10-4-6-11(7-5-10)29-9-8-28-2/h4-7,12H,3,8-9H2,1-2H3,(H2,19,25)(H2,20,26)(H3,21,22,23,24,27). The smallest absolute Gasteiger partial charge is 0.267 e. The molecular formula is C18H24N6O5. The van der Waals surface area contributed by atoms with Gasteiger partial charge in [-0.15, -0.1) is 0 Å². The molecule has 0 spiro atoms. The van der Waals surface area contributed by atoms with Crippen molar-refractivity contribution in [3.05, 3.63) is 40.2 Å². The Bertz CT molecular complexity index is 912. The van der Waals surface area contributed by atoms with Gasteiger partial charge >= 0.3 is 0 Å². The zero-order valence-electron chi connectivity index (χ0n) is 16.2. The van der Waals surface area contributed by atoms with E-state index in [0.717, 1.165) is 0 Å². The molecular weight excluding hydrogens is 380 g/mol. The maximum atomic E-state index is 12.3. The molecule has 0 aliphatic carbocycles. The Balaban J connectivity index is 2.28. The maximum absolute atomic E-state index is 12.3. The fraction of sp³-hybridized carbons (Fsp3) is 0.333. The van der Waals surface area contributed by atoms with E-state index in [4.69, 9.17) is 20.9 Å². The van der Waals surface area contributed by atoms with Crippen LogP contribution in [-0.4, -0.2) is 48.1 Å². The number of primary amides is 2. The summed E-state index contributed by atoms with van der Waals surface area (Å²) in [4.78, 5) is 42.0. The number of rotatable bonds is 11. The molecule has 2 aromatic rings. The second-order valence-corrected chi connectivity index (χ2v) is 6.00. The molecule has 1 aromatic heterocycles. The summed E-state index contributed by atoms with van der Waals surface area (Å²) in [6.07, 6.45) is 0.379. The molecule has 11 heteroatoms. The molecule has 7 N–H and O–H groups in total. The van der Waals surface area contributed by atoms with Gasteiger partial charge in [-0.05, 0) is 30.7 Å². The lowest BCUT2D eigenvalue weighted by atomic mass is 10.2. The average Bonchev–Trinajstić information content (AvgIpc) is 2.66. The molecule has 0 saturated heterocycles. The van der Waals surface area contributed by atoms with E-state index in [1.165, 1.54) is 0 Å². The van der Waals surface area contributed by atoms with Gasteiger partial charge in [0.2, 0.25) is 11.9 Å². The van der Waals surface area contributed by atoms with Crippen LogP contribution < -0.4 is 32.4 Å². The van der Waals surface area contributed by atoms with Gasteiger partial charge in [0.05, 0.1) is 6.61 Å². The third-order valence-electron chi connectivity index (χ3n) is 3.90. The van der Waals surface area contributed by atoms with Gasteiger partial charge in [-0.1, -0.05) is 6.92 Å². The summed E-state index contributed by atoms with van der Waals surface area (Å²) in [5.74, 6) is -1.01. The normalized spacial score (nSPS) is 11.5. The first kappa shape index (κ1) is 21.7. The van der Waals surface area contributed by atoms with Crippen molar-refractivity contribution in [3.8, 4) is 5.75 Å². The predicted molar refractivity (Wildman–Crippen MR) is 107 cm³/mol. The molecule has 0 radical (unpaired) electrons. The van der Waals surface area contributed by atoms with Crippen LogP contribution in [0.25, 0.3) is 0 Å². The van der Waals surface area contributed by atoms with Gasteiger partial charge in [-0.2, -0.15) is 4.98 Å². The molecule has 0 aliphatic rings. The maximum Gasteiger partial charge on any atom is 0.267 e. The molecule has 156 valence electrons. The predicted octanol–water partition coefficient (Wildman–Crippen LogP) is 0.313. The highest BCUT2D eigenvalue weighted by Crippen LogP contribution is 2.21. The minimum atomic E-state index is -0.950. The zero-order valence-corrected chi connectivity index (χ0v) is 16.2. The van der Waals surface area contributed by atoms with Gasteiger partial charge in [0, 0.05) is 12.8 Å². The van der Waals surface area contributed by atoms with Crippen LogP contribution in [0, 0.1) is 0 Å². The Labute approximate surface area is 166 Å². The SMILES string of the molecule is CCC(Nc1nc(Nc2ccc(OCCOC)cc2)c(C(N)=O)c(=O)[nH]1)C(N)=O. The number of benzene rings is 1. The quantitative estimate of drug-likeness (QED) is 0.333. The molecule has 0 saturated carbocycles. The van der Waals surface area contributed by atoms with E-state index >= 15 is 0 Å². The largest absolute Gasteiger partial charge is 0.491 e. The minimum Gasteiger partial charge on any atom is -0.491 e. The lowest BCUT2D eigenvalue weighted by molar-refractivity contribution is -0.118. The van der Waals surface area contributed by atoms with Crippen molar-refractivity contribution in [3.63, 3.8) is 0 Å². The van der Waals surface area contributed by atoms with Crippen molar-refractivity contribution in [1.82, 2.24) is 9.97 Å². The zero-order chi connectivity index (χ0) is 21.4. The van der Waals surface area contributed by atoms with Crippen molar-refractivity contribution >= 4 is 29.3 Å². The molecule has 2 amide bonds. The molecule has 0 aliphatic heterocycles. The van der Waals surface area contributed by atoms with Crippen LogP contribution in [0.4, 0.5) is 17.5 Å². The minimum absolute atomic E-state index is 0.0207. The van der Waals surface area contributed by atoms with Crippen LogP contribution >= 0.6 is 0 Å². The molecule has 0 fully saturated rings. The first-order chi connectivity index (χ1) is 13.8. The van der Waals surface area contributed by atoms with Crippen molar-refractivity contribution in [1.29, 1.82) is 0 Å². The highest BCUT2D eigenvalue weighted by molar-refractivity contribution is 5.98. The van der Waals surface area contributed by atoms with E-state index in [0.29, 0.717) is 31.1 Å². The third-order valence-corrected chi connectivity index (χ3v) is 3.90. The number of hydrogen-bond acceptors (Lipinski definition) is 8. The summed E-state index contributed by atoms with van der Waals surface area (Å²) in [7, 11) is 1.58. The lowest BCUT2D eigenvalue weighted by Gasteiger charge is -2.16. The highest BCUT2D eigenvalue weighted by Gasteiger charge is 2.19. The monoisotopic (exact) mass is 404 g/mol. The third kappa shape index (κ3) is 5.94. The number of carbonyl (C=O) groups excluding carboxylic acids is 2. The topological polar surface area (TPSA) is 174 Å². The Morgan fingerprint density at radius 1 is 1.21 bits per heavy atom. The number of hydrogen-bond donors (Lipinski definition) is 5. The van der Waals surface area contributed by atoms with E-state index in [1.54, 1.807) is 38.3 Å². The van der Waals surface area contributed by atoms with Gasteiger partial charge in [-0.25, -0.2) is 0 Å². The summed E-state index contributed by atoms with van der Waals surface area (Å²) < 4.78 is 10.4. The fourth-order valence-corrected chi connectivity index (χ4v) is 2.41. The Morgan fingerprint density at radius 2 is 1.90 bits per heavy atom. The van der Waals surface area contributed by atoms with E-state index < -0.39 is 23.4 Å². The van der Waals surface area contributed by atoms with Crippen LogP contribution in [0.5, 0.6) is 5.75 Å². The number of carbonyl (C=O) groups is 2. The fourth-order valence-electron chi connectivity index (χ4n) is 2.41. The van der Waals surface area contributed by atoms with Crippen LogP contribution in [0.1, 0.15) is 23.7 Å². The van der Waals surface area contributed by atoms with Gasteiger partial charge < -0.3 is 31.6 Å². The highest BCUT2D eigenvalue weighted by atomic mass is 16.5. The second-order valence-electron chi connectivity index (χ2n) is 6.00. The number of H-pyrrole nitrogens is 1. The molecule has 29 heavy (non-hydrogen) atoms. The molecule has 0 bridgehead atoms. The molecule has 1 unspecified atom stereocenters. The van der Waals surface area contributed by atoms with E-state index in [2.05, 4.69) is 20.6 Å². The number of aromatic amines is 1. The molecule has 1 atom stereocenters. The number of methoxy groups -OCH3 is 1. The Hall–Kier alpha value is -3.60. The van der Waals surface area contributed by atoms with Crippen LogP contribution in [0.2, 0.25) is 0 Å². The van der Waals surface area contributed by atoms with Crippen LogP contribution in [-0.2, 0) is 9.53 Å². The number of nitrogens with zero attached hydrogens (tertiary/aromatic N) is 1. The summed E-state index contributed by atoms with van der Waals surface area (Å²) >= 11 is 0. The first-order valence-electron chi connectivity index (χ1n) is 8.84. The number of amides is 2. The summed E-state index contributed by atoms with van der Waals surface area (Å²) in [5, 5.41) is 5.62. The van der Waals surface area contributed by atoms with Crippen molar-refractivity contribution in [2.24, 2.45) is 11.5 Å². The Morgan fingerprint density at radius 3 is 2.45 bits per heavy atom. The molecule has 2 rings (SSSR count). The van der Waals surface area contributed by atoms with Crippen molar-refractivity contribution in [2.75, 3.05) is 31.0 Å². The van der Waals surface area contributed by atoms with E-state index in [-0.39, 0.29) is 17.3 Å². The van der Waals surface area contributed by atoms with Gasteiger partial charge in [0.1, 0.15) is 24.0 Å². The first-order valence-corrected chi connectivity index (χ1v) is 8.84. The van der Waals surface area contributed by atoms with Crippen LogP contribution in [0.3, 0.4) is 0 Å². The average molecular weight is 404 g/mol. The van der Waals surface area contributed by atoms with Crippen LogP contribution in [0.15, 0.2) is 29.1 Å². The van der Waals surface area contributed by atoms with Gasteiger partial charge in [0.15, 0.2) is 5.82 Å². The molecule has 11 nitrogen and oxygen atoms in total. The molecule has 1 aromatic carbocycles.